The number of nitrogens with one attached hydrogen (secondary N) is 1. The predicted molar refractivity (Wildman–Crippen MR) is 103 cm³/mol. The zero-order valence-corrected chi connectivity index (χ0v) is 15.2. The Balaban J connectivity index is 1.90. The minimum Gasteiger partial charge on any atom is -0.280 e. The van der Waals surface area contributed by atoms with Crippen LogP contribution < -0.4 is 4.72 Å². The highest BCUT2D eigenvalue weighted by Crippen LogP contribution is 2.32. The largest absolute Gasteiger partial charge is 0.280 e. The molecule has 0 aliphatic heterocycles. The average Bonchev–Trinajstić information content (AvgIpc) is 2.65. The van der Waals surface area contributed by atoms with Crippen molar-refractivity contribution in [3.63, 3.8) is 0 Å². The summed E-state index contributed by atoms with van der Waals surface area (Å²) in [5.74, 6) is -0.525. The standard InChI is InChI=1S/C20H15ClN2O2S/c21-20-13-16(23-26(24,25)17-9-5-2-6-10-17)11-12-18(20)19(14-22)15-7-3-1-4-8-15/h1-13,19,23H/t19-/m0/s1. The van der Waals surface area contributed by atoms with Crippen molar-refractivity contribution in [1.29, 1.82) is 5.26 Å². The van der Waals surface area contributed by atoms with Gasteiger partial charge in [0.05, 0.1) is 22.6 Å². The van der Waals surface area contributed by atoms with Crippen molar-refractivity contribution in [1.82, 2.24) is 0 Å². The van der Waals surface area contributed by atoms with Crippen LogP contribution in [0.2, 0.25) is 5.02 Å². The summed E-state index contributed by atoms with van der Waals surface area (Å²) in [6.07, 6.45) is 0. The number of sulfonamides is 1. The van der Waals surface area contributed by atoms with E-state index in [2.05, 4.69) is 10.8 Å². The molecule has 130 valence electrons. The van der Waals surface area contributed by atoms with E-state index in [1.54, 1.807) is 30.3 Å². The molecule has 0 saturated carbocycles. The molecule has 0 radical (unpaired) electrons. The lowest BCUT2D eigenvalue weighted by Gasteiger charge is -2.14. The smallest absolute Gasteiger partial charge is 0.261 e. The minimum atomic E-state index is -3.69. The van der Waals surface area contributed by atoms with Gasteiger partial charge in [0.2, 0.25) is 0 Å². The van der Waals surface area contributed by atoms with Crippen LogP contribution in [0.1, 0.15) is 17.0 Å². The molecule has 0 saturated heterocycles. The summed E-state index contributed by atoms with van der Waals surface area (Å²) in [5.41, 5.74) is 1.80. The first-order chi connectivity index (χ1) is 12.5. The lowest BCUT2D eigenvalue weighted by atomic mass is 9.92. The zero-order chi connectivity index (χ0) is 18.6. The van der Waals surface area contributed by atoms with Crippen LogP contribution in [0.5, 0.6) is 0 Å². The molecule has 3 aromatic rings. The molecule has 0 bridgehead atoms. The van der Waals surface area contributed by atoms with Gasteiger partial charge in [-0.25, -0.2) is 8.42 Å². The third-order valence-electron chi connectivity index (χ3n) is 3.88. The Kier molecular flexibility index (Phi) is 5.27. The third kappa shape index (κ3) is 3.88. The number of nitriles is 1. The normalized spacial score (nSPS) is 12.2. The van der Waals surface area contributed by atoms with Crippen LogP contribution in [0.25, 0.3) is 0 Å². The first-order valence-corrected chi connectivity index (χ1v) is 9.69. The number of hydrogen-bond acceptors (Lipinski definition) is 3. The van der Waals surface area contributed by atoms with Gasteiger partial charge < -0.3 is 0 Å². The van der Waals surface area contributed by atoms with Crippen LogP contribution in [-0.4, -0.2) is 8.42 Å². The summed E-state index contributed by atoms with van der Waals surface area (Å²) >= 11 is 6.34. The van der Waals surface area contributed by atoms with Crippen molar-refractivity contribution in [2.45, 2.75) is 10.8 Å². The highest BCUT2D eigenvalue weighted by atomic mass is 35.5. The highest BCUT2D eigenvalue weighted by Gasteiger charge is 2.18. The molecule has 0 amide bonds. The van der Waals surface area contributed by atoms with E-state index in [-0.39, 0.29) is 4.90 Å². The van der Waals surface area contributed by atoms with E-state index < -0.39 is 15.9 Å². The number of halogens is 1. The van der Waals surface area contributed by atoms with E-state index >= 15 is 0 Å². The molecule has 0 aromatic heterocycles. The van der Waals surface area contributed by atoms with Gasteiger partial charge in [-0.3, -0.25) is 4.72 Å². The minimum absolute atomic E-state index is 0.166. The van der Waals surface area contributed by atoms with Crippen molar-refractivity contribution in [2.24, 2.45) is 0 Å². The monoisotopic (exact) mass is 382 g/mol. The molecule has 0 unspecified atom stereocenters. The van der Waals surface area contributed by atoms with Gasteiger partial charge in [-0.15, -0.1) is 0 Å². The van der Waals surface area contributed by atoms with Crippen LogP contribution in [-0.2, 0) is 10.0 Å². The van der Waals surface area contributed by atoms with Gasteiger partial charge in [-0.2, -0.15) is 5.26 Å². The molecule has 0 fully saturated rings. The summed E-state index contributed by atoms with van der Waals surface area (Å²) in [5, 5.41) is 9.87. The van der Waals surface area contributed by atoms with E-state index in [0.717, 1.165) is 5.56 Å². The van der Waals surface area contributed by atoms with Crippen molar-refractivity contribution in [3.05, 3.63) is 95.0 Å². The number of nitrogens with zero attached hydrogens (tertiary/aromatic N) is 1. The maximum absolute atomic E-state index is 12.4. The van der Waals surface area contributed by atoms with E-state index in [1.807, 2.05) is 30.3 Å². The maximum Gasteiger partial charge on any atom is 0.261 e. The molecular weight excluding hydrogens is 368 g/mol. The van der Waals surface area contributed by atoms with Crippen molar-refractivity contribution >= 4 is 27.3 Å². The van der Waals surface area contributed by atoms with Crippen molar-refractivity contribution in [2.75, 3.05) is 4.72 Å². The van der Waals surface area contributed by atoms with E-state index in [1.165, 1.54) is 18.2 Å². The predicted octanol–water partition coefficient (Wildman–Crippen LogP) is 4.80. The van der Waals surface area contributed by atoms with Crippen LogP contribution in [0, 0.1) is 11.3 Å². The van der Waals surface area contributed by atoms with Crippen molar-refractivity contribution in [3.8, 4) is 6.07 Å². The second kappa shape index (κ2) is 7.61. The fraction of sp³-hybridized carbons (Fsp3) is 0.0500. The molecule has 1 atom stereocenters. The summed E-state index contributed by atoms with van der Waals surface area (Å²) in [6, 6.07) is 24.4. The molecule has 0 spiro atoms. The van der Waals surface area contributed by atoms with Gasteiger partial charge >= 0.3 is 0 Å². The second-order valence-electron chi connectivity index (χ2n) is 5.63. The molecule has 6 heteroatoms. The van der Waals surface area contributed by atoms with Crippen LogP contribution in [0.15, 0.2) is 83.8 Å². The van der Waals surface area contributed by atoms with Gasteiger partial charge in [0.25, 0.3) is 10.0 Å². The number of benzene rings is 3. The zero-order valence-electron chi connectivity index (χ0n) is 13.6. The molecule has 1 N–H and O–H groups in total. The third-order valence-corrected chi connectivity index (χ3v) is 5.60. The van der Waals surface area contributed by atoms with Gasteiger partial charge in [0, 0.05) is 5.02 Å². The van der Waals surface area contributed by atoms with Gasteiger partial charge in [-0.1, -0.05) is 66.2 Å². The summed E-state index contributed by atoms with van der Waals surface area (Å²) in [6.45, 7) is 0. The van der Waals surface area contributed by atoms with Crippen molar-refractivity contribution < 1.29 is 8.42 Å². The summed E-state index contributed by atoms with van der Waals surface area (Å²) in [4.78, 5) is 0.166. The van der Waals surface area contributed by atoms with Crippen LogP contribution in [0.3, 0.4) is 0 Å². The molecule has 0 aliphatic carbocycles. The Hall–Kier alpha value is -2.81. The Morgan fingerprint density at radius 2 is 1.54 bits per heavy atom. The number of anilines is 1. The Bertz CT molecular complexity index is 1050. The van der Waals surface area contributed by atoms with Gasteiger partial charge in [0.1, 0.15) is 0 Å². The Morgan fingerprint density at radius 1 is 0.923 bits per heavy atom. The molecule has 0 heterocycles. The highest BCUT2D eigenvalue weighted by molar-refractivity contribution is 7.92. The van der Waals surface area contributed by atoms with E-state index in [0.29, 0.717) is 16.3 Å². The van der Waals surface area contributed by atoms with E-state index in [4.69, 9.17) is 11.6 Å². The summed E-state index contributed by atoms with van der Waals surface area (Å²) in [7, 11) is -3.69. The molecule has 3 aromatic carbocycles. The fourth-order valence-corrected chi connectivity index (χ4v) is 3.97. The molecule has 4 nitrogen and oxygen atoms in total. The van der Waals surface area contributed by atoms with Gasteiger partial charge in [-0.05, 0) is 35.4 Å². The average molecular weight is 383 g/mol. The first kappa shape index (κ1) is 18.0. The Morgan fingerprint density at radius 3 is 2.12 bits per heavy atom. The van der Waals surface area contributed by atoms with E-state index in [9.17, 15) is 13.7 Å². The fourth-order valence-electron chi connectivity index (χ4n) is 2.61. The second-order valence-corrected chi connectivity index (χ2v) is 7.72. The molecule has 3 rings (SSSR count). The van der Waals surface area contributed by atoms with Crippen LogP contribution >= 0.6 is 11.6 Å². The molecular formula is C20H15ClN2O2S. The lowest BCUT2D eigenvalue weighted by Crippen LogP contribution is -2.13. The first-order valence-electron chi connectivity index (χ1n) is 7.83. The topological polar surface area (TPSA) is 70.0 Å². The quantitative estimate of drug-likeness (QED) is 0.689. The van der Waals surface area contributed by atoms with Crippen LogP contribution in [0.4, 0.5) is 5.69 Å². The van der Waals surface area contributed by atoms with Gasteiger partial charge in [0.15, 0.2) is 0 Å². The maximum atomic E-state index is 12.4. The molecule has 0 aliphatic rings. The molecule has 26 heavy (non-hydrogen) atoms. The number of rotatable bonds is 5. The summed E-state index contributed by atoms with van der Waals surface area (Å²) < 4.78 is 27.3. The SMILES string of the molecule is N#C[C@@H](c1ccccc1)c1ccc(NS(=O)(=O)c2ccccc2)cc1Cl. The lowest BCUT2D eigenvalue weighted by molar-refractivity contribution is 0.601. The number of hydrogen-bond donors (Lipinski definition) is 1. The Labute approximate surface area is 157 Å².